The third-order valence-electron chi connectivity index (χ3n) is 3.51. The van der Waals surface area contributed by atoms with Gasteiger partial charge in [-0.1, -0.05) is 19.8 Å². The summed E-state index contributed by atoms with van der Waals surface area (Å²) in [5.41, 5.74) is 0. The van der Waals surface area contributed by atoms with Gasteiger partial charge in [-0.3, -0.25) is 9.69 Å². The molecule has 0 aromatic heterocycles. The Balaban J connectivity index is 2.37. The van der Waals surface area contributed by atoms with Crippen molar-refractivity contribution in [3.8, 4) is 0 Å². The molecular formula is C14H29N3O. The lowest BCUT2D eigenvalue weighted by Gasteiger charge is -2.32. The van der Waals surface area contributed by atoms with Gasteiger partial charge in [0.1, 0.15) is 0 Å². The van der Waals surface area contributed by atoms with Crippen molar-refractivity contribution >= 4 is 5.91 Å². The first-order valence-electron chi connectivity index (χ1n) is 7.37. The molecule has 1 aliphatic rings. The van der Waals surface area contributed by atoms with Crippen LogP contribution in [-0.2, 0) is 4.79 Å². The quantitative estimate of drug-likeness (QED) is 0.697. The van der Waals surface area contributed by atoms with Gasteiger partial charge in [-0.25, -0.2) is 0 Å². The lowest BCUT2D eigenvalue weighted by atomic mass is 10.2. The fraction of sp³-hybridized carbons (Fsp3) is 0.929. The molecule has 106 valence electrons. The predicted octanol–water partition coefficient (Wildman–Crippen LogP) is 1.32. The highest BCUT2D eigenvalue weighted by atomic mass is 16.2. The van der Waals surface area contributed by atoms with Crippen LogP contribution < -0.4 is 5.32 Å². The van der Waals surface area contributed by atoms with Crippen LogP contribution in [-0.4, -0.2) is 61.0 Å². The van der Waals surface area contributed by atoms with Crippen LogP contribution in [0.5, 0.6) is 0 Å². The number of carbonyl (C=O) groups excluding carboxylic acids is 1. The maximum absolute atomic E-state index is 12.3. The molecule has 1 saturated heterocycles. The Hall–Kier alpha value is -0.610. The van der Waals surface area contributed by atoms with Gasteiger partial charge in [0, 0.05) is 38.8 Å². The second-order valence-corrected chi connectivity index (χ2v) is 5.41. The number of rotatable bonds is 7. The van der Waals surface area contributed by atoms with E-state index < -0.39 is 0 Å². The molecule has 1 fully saturated rings. The summed E-state index contributed by atoms with van der Waals surface area (Å²) in [6.07, 6.45) is 3.55. The van der Waals surface area contributed by atoms with Gasteiger partial charge < -0.3 is 10.2 Å². The van der Waals surface area contributed by atoms with Crippen molar-refractivity contribution in [1.82, 2.24) is 15.1 Å². The summed E-state index contributed by atoms with van der Waals surface area (Å²) >= 11 is 0. The molecule has 0 radical (unpaired) electrons. The maximum atomic E-state index is 12.3. The number of carbonyl (C=O) groups is 1. The standard InChI is InChI=1S/C14H29N3O/c1-4-5-6-9-17(13(2)3)14(18)12-16-10-7-15-8-11-16/h13,15H,4-12H2,1-3H3. The molecule has 18 heavy (non-hydrogen) atoms. The molecule has 1 rings (SSSR count). The van der Waals surface area contributed by atoms with Crippen LogP contribution in [0.25, 0.3) is 0 Å². The van der Waals surface area contributed by atoms with E-state index in [1.165, 1.54) is 12.8 Å². The van der Waals surface area contributed by atoms with E-state index >= 15 is 0 Å². The molecule has 0 unspecified atom stereocenters. The first-order chi connectivity index (χ1) is 8.65. The van der Waals surface area contributed by atoms with E-state index in [1.54, 1.807) is 0 Å². The zero-order valence-corrected chi connectivity index (χ0v) is 12.2. The molecule has 0 atom stereocenters. The highest BCUT2D eigenvalue weighted by molar-refractivity contribution is 5.78. The molecular weight excluding hydrogens is 226 g/mol. The lowest BCUT2D eigenvalue weighted by molar-refractivity contribution is -0.134. The Morgan fingerprint density at radius 3 is 2.50 bits per heavy atom. The van der Waals surface area contributed by atoms with E-state index in [0.29, 0.717) is 18.5 Å². The highest BCUT2D eigenvalue weighted by Crippen LogP contribution is 2.05. The molecule has 1 heterocycles. The zero-order valence-electron chi connectivity index (χ0n) is 12.2. The summed E-state index contributed by atoms with van der Waals surface area (Å²) in [5, 5.41) is 3.32. The van der Waals surface area contributed by atoms with Gasteiger partial charge in [0.15, 0.2) is 0 Å². The van der Waals surface area contributed by atoms with Gasteiger partial charge in [-0.05, 0) is 20.3 Å². The van der Waals surface area contributed by atoms with Crippen LogP contribution in [0.4, 0.5) is 0 Å². The smallest absolute Gasteiger partial charge is 0.236 e. The molecule has 1 aliphatic heterocycles. The number of hydrogen-bond acceptors (Lipinski definition) is 3. The van der Waals surface area contributed by atoms with Crippen molar-refractivity contribution in [1.29, 1.82) is 0 Å². The van der Waals surface area contributed by atoms with E-state index in [-0.39, 0.29) is 0 Å². The van der Waals surface area contributed by atoms with Crippen LogP contribution in [0.2, 0.25) is 0 Å². The number of nitrogens with one attached hydrogen (secondary N) is 1. The Morgan fingerprint density at radius 2 is 1.94 bits per heavy atom. The summed E-state index contributed by atoms with van der Waals surface area (Å²) in [7, 11) is 0. The average molecular weight is 255 g/mol. The van der Waals surface area contributed by atoms with Crippen molar-refractivity contribution in [2.45, 2.75) is 46.1 Å². The largest absolute Gasteiger partial charge is 0.339 e. The van der Waals surface area contributed by atoms with E-state index in [4.69, 9.17) is 0 Å². The molecule has 1 N–H and O–H groups in total. The summed E-state index contributed by atoms with van der Waals surface area (Å²) in [5.74, 6) is 0.294. The minimum absolute atomic E-state index is 0.294. The SMILES string of the molecule is CCCCCN(C(=O)CN1CCNCC1)C(C)C. The second kappa shape index (κ2) is 8.48. The van der Waals surface area contributed by atoms with Gasteiger partial charge in [0.25, 0.3) is 0 Å². The van der Waals surface area contributed by atoms with E-state index in [2.05, 4.69) is 31.0 Å². The zero-order chi connectivity index (χ0) is 13.4. The third-order valence-corrected chi connectivity index (χ3v) is 3.51. The Labute approximate surface area is 112 Å². The first kappa shape index (κ1) is 15.4. The summed E-state index contributed by atoms with van der Waals surface area (Å²) in [6, 6.07) is 0.317. The average Bonchev–Trinajstić information content (AvgIpc) is 2.35. The van der Waals surface area contributed by atoms with Crippen LogP contribution in [0.1, 0.15) is 40.0 Å². The van der Waals surface area contributed by atoms with Crippen molar-refractivity contribution in [3.05, 3.63) is 0 Å². The van der Waals surface area contributed by atoms with Crippen molar-refractivity contribution in [3.63, 3.8) is 0 Å². The van der Waals surface area contributed by atoms with E-state index in [0.717, 1.165) is 39.1 Å². The predicted molar refractivity (Wildman–Crippen MR) is 75.7 cm³/mol. The molecule has 0 saturated carbocycles. The number of amides is 1. The van der Waals surface area contributed by atoms with Crippen molar-refractivity contribution < 1.29 is 4.79 Å². The van der Waals surface area contributed by atoms with E-state index in [9.17, 15) is 4.79 Å². The number of piperazine rings is 1. The maximum Gasteiger partial charge on any atom is 0.236 e. The monoisotopic (exact) mass is 255 g/mol. The van der Waals surface area contributed by atoms with Gasteiger partial charge in [0.2, 0.25) is 5.91 Å². The van der Waals surface area contributed by atoms with Crippen molar-refractivity contribution in [2.75, 3.05) is 39.3 Å². The number of hydrogen-bond donors (Lipinski definition) is 1. The highest BCUT2D eigenvalue weighted by Gasteiger charge is 2.20. The minimum Gasteiger partial charge on any atom is -0.339 e. The van der Waals surface area contributed by atoms with Crippen LogP contribution in [0.15, 0.2) is 0 Å². The first-order valence-corrected chi connectivity index (χ1v) is 7.37. The van der Waals surface area contributed by atoms with Crippen molar-refractivity contribution in [2.24, 2.45) is 0 Å². The number of unbranched alkanes of at least 4 members (excludes halogenated alkanes) is 2. The molecule has 1 amide bonds. The van der Waals surface area contributed by atoms with Gasteiger partial charge >= 0.3 is 0 Å². The van der Waals surface area contributed by atoms with Crippen LogP contribution in [0, 0.1) is 0 Å². The Morgan fingerprint density at radius 1 is 1.28 bits per heavy atom. The summed E-state index contributed by atoms with van der Waals surface area (Å²) in [6.45, 7) is 11.9. The van der Waals surface area contributed by atoms with Gasteiger partial charge in [0.05, 0.1) is 6.54 Å². The molecule has 0 aromatic carbocycles. The molecule has 0 spiro atoms. The van der Waals surface area contributed by atoms with Crippen LogP contribution in [0.3, 0.4) is 0 Å². The molecule has 4 nitrogen and oxygen atoms in total. The topological polar surface area (TPSA) is 35.6 Å². The lowest BCUT2D eigenvalue weighted by Crippen LogP contribution is -2.49. The fourth-order valence-corrected chi connectivity index (χ4v) is 2.35. The normalized spacial score (nSPS) is 17.1. The molecule has 4 heteroatoms. The molecule has 0 aromatic rings. The minimum atomic E-state index is 0.294. The Kier molecular flexibility index (Phi) is 7.28. The van der Waals surface area contributed by atoms with E-state index in [1.807, 2.05) is 4.90 Å². The molecule has 0 bridgehead atoms. The third kappa shape index (κ3) is 5.36. The van der Waals surface area contributed by atoms with Gasteiger partial charge in [-0.15, -0.1) is 0 Å². The second-order valence-electron chi connectivity index (χ2n) is 5.41. The number of nitrogens with zero attached hydrogens (tertiary/aromatic N) is 2. The van der Waals surface area contributed by atoms with Crippen LogP contribution >= 0.6 is 0 Å². The summed E-state index contributed by atoms with van der Waals surface area (Å²) in [4.78, 5) is 16.6. The Bertz CT molecular complexity index is 237. The summed E-state index contributed by atoms with van der Waals surface area (Å²) < 4.78 is 0. The fourth-order valence-electron chi connectivity index (χ4n) is 2.35. The molecule has 0 aliphatic carbocycles. The van der Waals surface area contributed by atoms with Gasteiger partial charge in [-0.2, -0.15) is 0 Å².